The highest BCUT2D eigenvalue weighted by Gasteiger charge is 2.25. The molecule has 1 aliphatic carbocycles. The summed E-state index contributed by atoms with van der Waals surface area (Å²) in [7, 11) is 0. The van der Waals surface area contributed by atoms with Crippen LogP contribution in [0.2, 0.25) is 5.02 Å². The minimum Gasteiger partial charge on any atom is -0.366 e. The normalized spacial score (nSPS) is 16.1. The largest absolute Gasteiger partial charge is 0.366 e. The van der Waals surface area contributed by atoms with Gasteiger partial charge in [0.15, 0.2) is 0 Å². The van der Waals surface area contributed by atoms with E-state index in [0.29, 0.717) is 12.6 Å². The van der Waals surface area contributed by atoms with Crippen molar-refractivity contribution in [2.75, 3.05) is 18.0 Å². The molecule has 2 N–H and O–H groups in total. The molecule has 0 atom stereocenters. The fraction of sp³-hybridized carbons (Fsp3) is 0.545. The van der Waals surface area contributed by atoms with Gasteiger partial charge >= 0.3 is 0 Å². The molecule has 1 saturated carbocycles. The average Bonchev–Trinajstić information content (AvgIpc) is 2.15. The lowest BCUT2D eigenvalue weighted by atomic mass is 9.91. The van der Waals surface area contributed by atoms with Crippen molar-refractivity contribution in [3.63, 3.8) is 0 Å². The molecule has 1 fully saturated rings. The molecule has 1 aliphatic rings. The molecule has 0 bridgehead atoms. The van der Waals surface area contributed by atoms with Crippen LogP contribution in [0.3, 0.4) is 0 Å². The Bertz CT molecular complexity index is 325. The summed E-state index contributed by atoms with van der Waals surface area (Å²) in [5, 5.41) is 0.720. The Hall–Kier alpha value is -0.800. The smallest absolute Gasteiger partial charge is 0.0822 e. The fourth-order valence-corrected chi connectivity index (χ4v) is 2.17. The lowest BCUT2D eigenvalue weighted by Crippen LogP contribution is -2.43. The molecule has 0 saturated heterocycles. The fourth-order valence-electron chi connectivity index (χ4n) is 1.94. The summed E-state index contributed by atoms with van der Waals surface area (Å²) in [6.07, 6.45) is 7.29. The third-order valence-corrected chi connectivity index (χ3v) is 3.24. The van der Waals surface area contributed by atoms with Gasteiger partial charge in [0, 0.05) is 31.5 Å². The van der Waals surface area contributed by atoms with Gasteiger partial charge in [-0.05, 0) is 25.3 Å². The van der Waals surface area contributed by atoms with Crippen molar-refractivity contribution in [3.8, 4) is 0 Å². The van der Waals surface area contributed by atoms with Crippen molar-refractivity contribution in [2.45, 2.75) is 25.3 Å². The van der Waals surface area contributed by atoms with E-state index in [9.17, 15) is 0 Å². The summed E-state index contributed by atoms with van der Waals surface area (Å²) in [6.45, 7) is 1.53. The second-order valence-corrected chi connectivity index (χ2v) is 4.30. The van der Waals surface area contributed by atoms with Crippen LogP contribution in [0.1, 0.15) is 19.3 Å². The van der Waals surface area contributed by atoms with Crippen LogP contribution < -0.4 is 10.6 Å². The van der Waals surface area contributed by atoms with Crippen molar-refractivity contribution in [2.24, 2.45) is 5.73 Å². The van der Waals surface area contributed by atoms with Gasteiger partial charge < -0.3 is 10.6 Å². The first-order valence-corrected chi connectivity index (χ1v) is 5.77. The van der Waals surface area contributed by atoms with E-state index in [-0.39, 0.29) is 0 Å². The van der Waals surface area contributed by atoms with Crippen LogP contribution in [0.5, 0.6) is 0 Å². The lowest BCUT2D eigenvalue weighted by molar-refractivity contribution is 0.388. The molecular weight excluding hydrogens is 210 g/mol. The SMILES string of the molecule is NCCN(c1ccncc1Cl)C1CCC1. The molecule has 82 valence electrons. The standard InChI is InChI=1S/C11H16ClN3/c12-10-8-14-6-4-11(10)15(7-5-13)9-2-1-3-9/h4,6,8-9H,1-3,5,7,13H2. The Balaban J connectivity index is 2.19. The molecule has 15 heavy (non-hydrogen) atoms. The minimum absolute atomic E-state index is 0.619. The Labute approximate surface area is 95.2 Å². The molecule has 1 aromatic heterocycles. The number of nitrogens with zero attached hydrogens (tertiary/aromatic N) is 2. The molecule has 1 heterocycles. The van der Waals surface area contributed by atoms with Crippen LogP contribution >= 0.6 is 11.6 Å². The zero-order valence-electron chi connectivity index (χ0n) is 8.69. The van der Waals surface area contributed by atoms with E-state index in [4.69, 9.17) is 17.3 Å². The van der Waals surface area contributed by atoms with Gasteiger partial charge in [0.2, 0.25) is 0 Å². The van der Waals surface area contributed by atoms with Gasteiger partial charge in [0.05, 0.1) is 10.7 Å². The number of hydrogen-bond acceptors (Lipinski definition) is 3. The van der Waals surface area contributed by atoms with Crippen molar-refractivity contribution >= 4 is 17.3 Å². The van der Waals surface area contributed by atoms with Crippen molar-refractivity contribution in [1.82, 2.24) is 4.98 Å². The van der Waals surface area contributed by atoms with E-state index in [1.54, 1.807) is 12.4 Å². The Kier molecular flexibility index (Phi) is 3.44. The topological polar surface area (TPSA) is 42.1 Å². The first-order chi connectivity index (χ1) is 7.33. The summed E-state index contributed by atoms with van der Waals surface area (Å²) in [4.78, 5) is 6.31. The van der Waals surface area contributed by atoms with Gasteiger partial charge in [-0.2, -0.15) is 0 Å². The van der Waals surface area contributed by atoms with Crippen molar-refractivity contribution in [3.05, 3.63) is 23.5 Å². The molecule has 0 aromatic carbocycles. The summed E-state index contributed by atoms with van der Waals surface area (Å²) in [6, 6.07) is 2.59. The van der Waals surface area contributed by atoms with Gasteiger partial charge in [-0.1, -0.05) is 11.6 Å². The monoisotopic (exact) mass is 225 g/mol. The highest BCUT2D eigenvalue weighted by atomic mass is 35.5. The predicted molar refractivity (Wildman–Crippen MR) is 63.3 cm³/mol. The van der Waals surface area contributed by atoms with E-state index in [2.05, 4.69) is 9.88 Å². The van der Waals surface area contributed by atoms with Gasteiger partial charge in [0.25, 0.3) is 0 Å². The minimum atomic E-state index is 0.619. The van der Waals surface area contributed by atoms with Crippen LogP contribution in [0.15, 0.2) is 18.5 Å². The molecular formula is C11H16ClN3. The molecule has 0 spiro atoms. The molecule has 1 aromatic rings. The van der Waals surface area contributed by atoms with E-state index in [0.717, 1.165) is 17.3 Å². The first-order valence-electron chi connectivity index (χ1n) is 5.39. The Morgan fingerprint density at radius 2 is 2.33 bits per heavy atom. The second kappa shape index (κ2) is 4.81. The predicted octanol–water partition coefficient (Wildman–Crippen LogP) is 2.05. The van der Waals surface area contributed by atoms with E-state index < -0.39 is 0 Å². The molecule has 3 nitrogen and oxygen atoms in total. The van der Waals surface area contributed by atoms with Gasteiger partial charge in [-0.25, -0.2) is 0 Å². The summed E-state index contributed by atoms with van der Waals surface area (Å²) >= 11 is 6.13. The molecule has 0 aliphatic heterocycles. The maximum absolute atomic E-state index is 6.13. The average molecular weight is 226 g/mol. The second-order valence-electron chi connectivity index (χ2n) is 3.89. The maximum Gasteiger partial charge on any atom is 0.0822 e. The van der Waals surface area contributed by atoms with E-state index >= 15 is 0 Å². The third-order valence-electron chi connectivity index (χ3n) is 2.95. The van der Waals surface area contributed by atoms with E-state index in [1.807, 2.05) is 6.07 Å². The van der Waals surface area contributed by atoms with Crippen LogP contribution in [-0.2, 0) is 0 Å². The van der Waals surface area contributed by atoms with Crippen LogP contribution in [0.4, 0.5) is 5.69 Å². The lowest BCUT2D eigenvalue weighted by Gasteiger charge is -2.39. The Morgan fingerprint density at radius 1 is 1.53 bits per heavy atom. The molecule has 4 heteroatoms. The number of anilines is 1. The summed E-state index contributed by atoms with van der Waals surface area (Å²) in [5.41, 5.74) is 6.70. The number of pyridine rings is 1. The van der Waals surface area contributed by atoms with Crippen LogP contribution in [0.25, 0.3) is 0 Å². The van der Waals surface area contributed by atoms with Crippen molar-refractivity contribution < 1.29 is 0 Å². The zero-order valence-corrected chi connectivity index (χ0v) is 9.45. The zero-order chi connectivity index (χ0) is 10.7. The van der Waals surface area contributed by atoms with E-state index in [1.165, 1.54) is 19.3 Å². The maximum atomic E-state index is 6.13. The summed E-state index contributed by atoms with van der Waals surface area (Å²) < 4.78 is 0. The van der Waals surface area contributed by atoms with Gasteiger partial charge in [0.1, 0.15) is 0 Å². The molecule has 0 amide bonds. The van der Waals surface area contributed by atoms with Crippen LogP contribution in [-0.4, -0.2) is 24.1 Å². The molecule has 0 unspecified atom stereocenters. The van der Waals surface area contributed by atoms with Crippen LogP contribution in [0, 0.1) is 0 Å². The van der Waals surface area contributed by atoms with Gasteiger partial charge in [-0.3, -0.25) is 4.98 Å². The number of aromatic nitrogens is 1. The summed E-state index contributed by atoms with van der Waals surface area (Å²) in [5.74, 6) is 0. The van der Waals surface area contributed by atoms with Crippen molar-refractivity contribution in [1.29, 1.82) is 0 Å². The number of rotatable bonds is 4. The van der Waals surface area contributed by atoms with Gasteiger partial charge in [-0.15, -0.1) is 0 Å². The number of nitrogens with two attached hydrogens (primary N) is 1. The highest BCUT2D eigenvalue weighted by Crippen LogP contribution is 2.32. The number of hydrogen-bond donors (Lipinski definition) is 1. The third kappa shape index (κ3) is 2.24. The highest BCUT2D eigenvalue weighted by molar-refractivity contribution is 6.33. The Morgan fingerprint density at radius 3 is 2.87 bits per heavy atom. The number of halogens is 1. The molecule has 0 radical (unpaired) electrons. The first kappa shape index (κ1) is 10.7. The molecule has 2 rings (SSSR count). The quantitative estimate of drug-likeness (QED) is 0.853.